The van der Waals surface area contributed by atoms with Gasteiger partial charge in [-0.05, 0) is 31.0 Å². The number of allylic oxidation sites excluding steroid dienone is 2. The topological polar surface area (TPSA) is 86.7 Å². The fourth-order valence-corrected chi connectivity index (χ4v) is 3.41. The molecule has 26 heavy (non-hydrogen) atoms. The van der Waals surface area contributed by atoms with Gasteiger partial charge in [0.2, 0.25) is 17.7 Å². The lowest BCUT2D eigenvalue weighted by atomic mass is 9.85. The predicted octanol–water partition coefficient (Wildman–Crippen LogP) is 1.07. The fourth-order valence-electron chi connectivity index (χ4n) is 3.41. The van der Waals surface area contributed by atoms with Crippen LogP contribution in [-0.2, 0) is 14.4 Å². The Labute approximate surface area is 148 Å². The zero-order chi connectivity index (χ0) is 18.8. The molecule has 1 aliphatic heterocycles. The van der Waals surface area contributed by atoms with Gasteiger partial charge in [-0.25, -0.2) is 8.78 Å². The van der Waals surface area contributed by atoms with Crippen molar-refractivity contribution in [2.24, 2.45) is 11.8 Å². The van der Waals surface area contributed by atoms with Gasteiger partial charge in [-0.15, -0.1) is 0 Å². The Morgan fingerprint density at radius 2 is 1.81 bits per heavy atom. The first kappa shape index (κ1) is 18.2. The predicted molar refractivity (Wildman–Crippen MR) is 86.4 cm³/mol. The molecule has 1 aromatic rings. The first-order valence-corrected chi connectivity index (χ1v) is 8.27. The van der Waals surface area contributed by atoms with Crippen LogP contribution < -0.4 is 5.32 Å². The van der Waals surface area contributed by atoms with Gasteiger partial charge < -0.3 is 10.4 Å². The van der Waals surface area contributed by atoms with Gasteiger partial charge in [0.1, 0.15) is 18.2 Å². The smallest absolute Gasteiger partial charge is 0.240 e. The van der Waals surface area contributed by atoms with E-state index in [0.717, 1.165) is 23.1 Å². The van der Waals surface area contributed by atoms with Crippen molar-refractivity contribution in [3.63, 3.8) is 0 Å². The Bertz CT molecular complexity index is 754. The highest BCUT2D eigenvalue weighted by Crippen LogP contribution is 2.34. The van der Waals surface area contributed by atoms with Crippen LogP contribution in [0.25, 0.3) is 0 Å². The van der Waals surface area contributed by atoms with Crippen LogP contribution in [0.4, 0.5) is 8.78 Å². The van der Waals surface area contributed by atoms with E-state index in [-0.39, 0.29) is 5.56 Å². The third-order valence-electron chi connectivity index (χ3n) is 4.75. The molecule has 0 spiro atoms. The van der Waals surface area contributed by atoms with E-state index in [2.05, 4.69) is 5.32 Å². The van der Waals surface area contributed by atoms with E-state index in [4.69, 9.17) is 0 Å². The number of carbonyl (C=O) groups excluding carboxylic acids is 3. The Morgan fingerprint density at radius 3 is 2.38 bits per heavy atom. The molecular formula is C18H18F2N2O4. The normalized spacial score (nSPS) is 23.1. The maximum absolute atomic E-state index is 13.8. The van der Waals surface area contributed by atoms with Crippen LogP contribution >= 0.6 is 0 Å². The van der Waals surface area contributed by atoms with Crippen LogP contribution in [0.15, 0.2) is 30.4 Å². The van der Waals surface area contributed by atoms with Crippen LogP contribution in [-0.4, -0.2) is 40.9 Å². The molecule has 1 heterocycles. The minimum absolute atomic E-state index is 0.210. The first-order valence-electron chi connectivity index (χ1n) is 8.27. The molecule has 1 aromatic carbocycles. The van der Waals surface area contributed by atoms with E-state index in [1.165, 1.54) is 0 Å². The maximum atomic E-state index is 13.8. The van der Waals surface area contributed by atoms with Crippen molar-refractivity contribution in [1.82, 2.24) is 10.2 Å². The summed E-state index contributed by atoms with van der Waals surface area (Å²) in [6, 6.07) is 1.51. The molecule has 1 aliphatic carbocycles. The number of benzene rings is 1. The number of hydrogen-bond acceptors (Lipinski definition) is 4. The van der Waals surface area contributed by atoms with Gasteiger partial charge in [-0.2, -0.15) is 0 Å². The lowest BCUT2D eigenvalue weighted by Gasteiger charge is -2.20. The van der Waals surface area contributed by atoms with Crippen molar-refractivity contribution in [3.05, 3.63) is 47.5 Å². The number of carbonyl (C=O) groups is 3. The monoisotopic (exact) mass is 364 g/mol. The highest BCUT2D eigenvalue weighted by molar-refractivity contribution is 6.07. The van der Waals surface area contributed by atoms with E-state index in [1.54, 1.807) is 0 Å². The van der Waals surface area contributed by atoms with Crippen molar-refractivity contribution < 1.29 is 28.3 Å². The number of nitrogens with zero attached hydrogens (tertiary/aromatic N) is 1. The summed E-state index contributed by atoms with van der Waals surface area (Å²) < 4.78 is 27.1. The van der Waals surface area contributed by atoms with Crippen molar-refractivity contribution in [3.8, 4) is 0 Å². The van der Waals surface area contributed by atoms with Gasteiger partial charge >= 0.3 is 0 Å². The second-order valence-corrected chi connectivity index (χ2v) is 6.39. The Kier molecular flexibility index (Phi) is 5.13. The number of aliphatic hydroxyl groups is 1. The number of amides is 3. The summed E-state index contributed by atoms with van der Waals surface area (Å²) in [7, 11) is 0. The summed E-state index contributed by atoms with van der Waals surface area (Å²) in [6.45, 7) is -1.18. The molecule has 1 saturated heterocycles. The lowest BCUT2D eigenvalue weighted by molar-refractivity contribution is -0.143. The SMILES string of the molecule is O=C(CN1C(=O)[C@H]2CC=CC[C@H]2C1=O)NC(CO)c1cc(F)ccc1F. The summed E-state index contributed by atoms with van der Waals surface area (Å²) in [5, 5.41) is 11.8. The highest BCUT2D eigenvalue weighted by atomic mass is 19.1. The standard InChI is InChI=1S/C18H18F2N2O4/c19-10-5-6-14(20)13(7-10)15(9-23)21-16(24)8-22-17(25)11-3-1-2-4-12(11)18(22)26/h1-2,5-7,11-12,15,23H,3-4,8-9H2,(H,21,24)/t11-,12+,15?. The van der Waals surface area contributed by atoms with Crippen molar-refractivity contribution in [2.45, 2.75) is 18.9 Å². The van der Waals surface area contributed by atoms with Gasteiger partial charge in [-0.3, -0.25) is 19.3 Å². The number of likely N-dealkylation sites (tertiary alicyclic amines) is 1. The molecule has 2 aliphatic rings. The second-order valence-electron chi connectivity index (χ2n) is 6.39. The van der Waals surface area contributed by atoms with Gasteiger partial charge in [0, 0.05) is 5.56 Å². The zero-order valence-corrected chi connectivity index (χ0v) is 13.8. The molecule has 8 heteroatoms. The third-order valence-corrected chi connectivity index (χ3v) is 4.75. The maximum Gasteiger partial charge on any atom is 0.240 e. The van der Waals surface area contributed by atoms with E-state index < -0.39 is 60.4 Å². The van der Waals surface area contributed by atoms with Gasteiger partial charge in [0.05, 0.1) is 24.5 Å². The Morgan fingerprint density at radius 1 is 1.19 bits per heavy atom. The van der Waals surface area contributed by atoms with Crippen molar-refractivity contribution >= 4 is 17.7 Å². The van der Waals surface area contributed by atoms with E-state index in [0.29, 0.717) is 12.8 Å². The molecule has 6 nitrogen and oxygen atoms in total. The number of imide groups is 1. The Balaban J connectivity index is 1.69. The number of halogens is 2. The molecule has 138 valence electrons. The number of fused-ring (bicyclic) bond motifs is 1. The molecule has 0 aromatic heterocycles. The summed E-state index contributed by atoms with van der Waals surface area (Å²) in [6.07, 6.45) is 4.59. The molecule has 0 radical (unpaired) electrons. The van der Waals surface area contributed by atoms with Crippen LogP contribution in [0.3, 0.4) is 0 Å². The molecule has 3 atom stereocenters. The second kappa shape index (κ2) is 7.33. The van der Waals surface area contributed by atoms with Crippen LogP contribution in [0.2, 0.25) is 0 Å². The van der Waals surface area contributed by atoms with Crippen LogP contribution in [0, 0.1) is 23.5 Å². The summed E-state index contributed by atoms with van der Waals surface area (Å²) in [4.78, 5) is 37.8. The van der Waals surface area contributed by atoms with Crippen molar-refractivity contribution in [2.75, 3.05) is 13.2 Å². The van der Waals surface area contributed by atoms with E-state index >= 15 is 0 Å². The van der Waals surface area contributed by atoms with Gasteiger partial charge in [0.25, 0.3) is 0 Å². The number of hydrogen-bond donors (Lipinski definition) is 2. The minimum atomic E-state index is -1.19. The molecule has 2 N–H and O–H groups in total. The third kappa shape index (κ3) is 3.37. The highest BCUT2D eigenvalue weighted by Gasteiger charge is 2.47. The Hall–Kier alpha value is -2.61. The lowest BCUT2D eigenvalue weighted by Crippen LogP contribution is -2.43. The quantitative estimate of drug-likeness (QED) is 0.604. The first-order chi connectivity index (χ1) is 12.4. The van der Waals surface area contributed by atoms with E-state index in [9.17, 15) is 28.3 Å². The molecular weight excluding hydrogens is 346 g/mol. The molecule has 0 saturated carbocycles. The minimum Gasteiger partial charge on any atom is -0.394 e. The van der Waals surface area contributed by atoms with Crippen molar-refractivity contribution in [1.29, 1.82) is 0 Å². The number of nitrogens with one attached hydrogen (secondary N) is 1. The molecule has 3 rings (SSSR count). The summed E-state index contributed by atoms with van der Waals surface area (Å²) in [5.74, 6) is -3.94. The van der Waals surface area contributed by atoms with Crippen LogP contribution in [0.1, 0.15) is 24.4 Å². The van der Waals surface area contributed by atoms with E-state index in [1.807, 2.05) is 12.2 Å². The van der Waals surface area contributed by atoms with Gasteiger partial charge in [0.15, 0.2) is 0 Å². The zero-order valence-electron chi connectivity index (χ0n) is 13.8. The molecule has 1 unspecified atom stereocenters. The molecule has 0 bridgehead atoms. The number of aliphatic hydroxyl groups excluding tert-OH is 1. The largest absolute Gasteiger partial charge is 0.394 e. The van der Waals surface area contributed by atoms with Gasteiger partial charge in [-0.1, -0.05) is 12.2 Å². The fraction of sp³-hybridized carbons (Fsp3) is 0.389. The average Bonchev–Trinajstić information content (AvgIpc) is 2.87. The molecule has 3 amide bonds. The number of rotatable bonds is 5. The molecule has 1 fully saturated rings. The summed E-state index contributed by atoms with van der Waals surface area (Å²) in [5.41, 5.74) is -0.210. The van der Waals surface area contributed by atoms with Crippen LogP contribution in [0.5, 0.6) is 0 Å². The summed E-state index contributed by atoms with van der Waals surface area (Å²) >= 11 is 0. The average molecular weight is 364 g/mol.